The van der Waals surface area contributed by atoms with E-state index >= 15 is 0 Å². The first-order valence-corrected chi connectivity index (χ1v) is 6.97. The van der Waals surface area contributed by atoms with Crippen LogP contribution in [0.15, 0.2) is 18.2 Å². The van der Waals surface area contributed by atoms with E-state index in [0.717, 1.165) is 23.3 Å². The number of anilines is 1. The van der Waals surface area contributed by atoms with Crippen molar-refractivity contribution in [2.75, 3.05) is 12.4 Å². The molecule has 1 aromatic rings. The van der Waals surface area contributed by atoms with Crippen molar-refractivity contribution in [2.24, 2.45) is 11.8 Å². The van der Waals surface area contributed by atoms with Crippen LogP contribution in [0.25, 0.3) is 0 Å². The van der Waals surface area contributed by atoms with Crippen molar-refractivity contribution >= 4 is 5.69 Å². The van der Waals surface area contributed by atoms with Gasteiger partial charge in [-0.1, -0.05) is 13.8 Å². The third kappa shape index (κ3) is 3.41. The molecule has 0 spiro atoms. The third-order valence-electron chi connectivity index (χ3n) is 3.87. The van der Waals surface area contributed by atoms with Gasteiger partial charge in [0.2, 0.25) is 0 Å². The van der Waals surface area contributed by atoms with E-state index in [2.05, 4.69) is 25.2 Å². The summed E-state index contributed by atoms with van der Waals surface area (Å²) in [5.41, 5.74) is 1.63. The summed E-state index contributed by atoms with van der Waals surface area (Å²) in [5.74, 6) is 2.29. The van der Waals surface area contributed by atoms with Crippen LogP contribution in [-0.2, 0) is 0 Å². The fourth-order valence-electron chi connectivity index (χ4n) is 3.16. The Balaban J connectivity index is 2.12. The highest BCUT2D eigenvalue weighted by atomic mass is 16.5. The Morgan fingerprint density at radius 3 is 2.47 bits per heavy atom. The van der Waals surface area contributed by atoms with Gasteiger partial charge in [-0.2, -0.15) is 5.26 Å². The first kappa shape index (κ1) is 13.7. The molecule has 0 heterocycles. The average Bonchev–Trinajstić information content (AvgIpc) is 2.38. The molecule has 0 amide bonds. The molecule has 2 rings (SSSR count). The van der Waals surface area contributed by atoms with Crippen molar-refractivity contribution < 1.29 is 4.74 Å². The van der Waals surface area contributed by atoms with Gasteiger partial charge in [0, 0.05) is 12.1 Å². The van der Waals surface area contributed by atoms with E-state index in [-0.39, 0.29) is 0 Å². The van der Waals surface area contributed by atoms with E-state index in [0.29, 0.717) is 11.6 Å². The normalized spacial score (nSPS) is 26.5. The minimum Gasteiger partial charge on any atom is -0.495 e. The second-order valence-electron chi connectivity index (χ2n) is 5.79. The molecular weight excluding hydrogens is 236 g/mol. The lowest BCUT2D eigenvalue weighted by Crippen LogP contribution is -2.30. The number of benzene rings is 1. The van der Waals surface area contributed by atoms with Gasteiger partial charge in [0.15, 0.2) is 0 Å². The van der Waals surface area contributed by atoms with Crippen molar-refractivity contribution in [3.05, 3.63) is 23.8 Å². The van der Waals surface area contributed by atoms with Crippen molar-refractivity contribution in [1.82, 2.24) is 0 Å². The van der Waals surface area contributed by atoms with Gasteiger partial charge >= 0.3 is 0 Å². The smallest absolute Gasteiger partial charge is 0.143 e. The van der Waals surface area contributed by atoms with E-state index in [1.165, 1.54) is 19.3 Å². The first-order valence-electron chi connectivity index (χ1n) is 6.97. The highest BCUT2D eigenvalue weighted by molar-refractivity contribution is 5.60. The van der Waals surface area contributed by atoms with E-state index < -0.39 is 0 Å². The molecule has 3 heteroatoms. The molecule has 1 aliphatic carbocycles. The summed E-state index contributed by atoms with van der Waals surface area (Å²) >= 11 is 0. The van der Waals surface area contributed by atoms with Crippen molar-refractivity contribution in [3.63, 3.8) is 0 Å². The lowest BCUT2D eigenvalue weighted by Gasteiger charge is -2.33. The van der Waals surface area contributed by atoms with Gasteiger partial charge < -0.3 is 10.1 Å². The molecule has 1 aliphatic rings. The van der Waals surface area contributed by atoms with Gasteiger partial charge in [0.1, 0.15) is 5.75 Å². The molecule has 1 aromatic carbocycles. The Morgan fingerprint density at radius 2 is 1.89 bits per heavy atom. The van der Waals surface area contributed by atoms with E-state index in [1.54, 1.807) is 13.2 Å². The number of nitrogens with one attached hydrogen (secondary N) is 1. The largest absolute Gasteiger partial charge is 0.495 e. The summed E-state index contributed by atoms with van der Waals surface area (Å²) in [6, 6.07) is 8.21. The molecule has 102 valence electrons. The number of hydrogen-bond donors (Lipinski definition) is 1. The number of ether oxygens (including phenoxy) is 1. The van der Waals surface area contributed by atoms with E-state index in [9.17, 15) is 0 Å². The van der Waals surface area contributed by atoms with Gasteiger partial charge in [0.05, 0.1) is 24.4 Å². The van der Waals surface area contributed by atoms with Crippen LogP contribution in [0.1, 0.15) is 38.7 Å². The van der Waals surface area contributed by atoms with Crippen LogP contribution in [0, 0.1) is 23.2 Å². The number of nitriles is 1. The molecule has 3 nitrogen and oxygen atoms in total. The molecule has 0 saturated heterocycles. The fourth-order valence-corrected chi connectivity index (χ4v) is 3.16. The van der Waals surface area contributed by atoms with Crippen LogP contribution in [0.4, 0.5) is 5.69 Å². The first-order chi connectivity index (χ1) is 9.12. The second-order valence-corrected chi connectivity index (χ2v) is 5.79. The SMILES string of the molecule is COc1cc(C#N)ccc1NC1CC(C)CC(C)C1. The Kier molecular flexibility index (Phi) is 4.31. The molecule has 0 aliphatic heterocycles. The van der Waals surface area contributed by atoms with Crippen molar-refractivity contribution in [2.45, 2.75) is 39.2 Å². The van der Waals surface area contributed by atoms with Crippen molar-refractivity contribution in [3.8, 4) is 11.8 Å². The van der Waals surface area contributed by atoms with Gasteiger partial charge in [-0.3, -0.25) is 0 Å². The summed E-state index contributed by atoms with van der Waals surface area (Å²) in [6.45, 7) is 4.64. The van der Waals surface area contributed by atoms with Crippen LogP contribution in [0.5, 0.6) is 5.75 Å². The summed E-state index contributed by atoms with van der Waals surface area (Å²) in [4.78, 5) is 0. The molecule has 19 heavy (non-hydrogen) atoms. The van der Waals surface area contributed by atoms with E-state index in [4.69, 9.17) is 10.00 Å². The van der Waals surface area contributed by atoms with Gasteiger partial charge in [-0.05, 0) is 43.2 Å². The molecular formula is C16H22N2O. The molecule has 2 unspecified atom stereocenters. The number of hydrogen-bond acceptors (Lipinski definition) is 3. The lowest BCUT2D eigenvalue weighted by atomic mass is 9.80. The van der Waals surface area contributed by atoms with Crippen LogP contribution < -0.4 is 10.1 Å². The number of methoxy groups -OCH3 is 1. The fraction of sp³-hybridized carbons (Fsp3) is 0.562. The summed E-state index contributed by atoms with van der Waals surface area (Å²) in [5, 5.41) is 12.5. The zero-order chi connectivity index (χ0) is 13.8. The van der Waals surface area contributed by atoms with Gasteiger partial charge in [0.25, 0.3) is 0 Å². The van der Waals surface area contributed by atoms with Gasteiger partial charge in [-0.25, -0.2) is 0 Å². The highest BCUT2D eigenvalue weighted by Crippen LogP contribution is 2.33. The second kappa shape index (κ2) is 5.97. The molecule has 1 fully saturated rings. The zero-order valence-corrected chi connectivity index (χ0v) is 11.9. The Morgan fingerprint density at radius 1 is 1.21 bits per heavy atom. The molecule has 1 saturated carbocycles. The molecule has 0 bridgehead atoms. The maximum Gasteiger partial charge on any atom is 0.143 e. The van der Waals surface area contributed by atoms with Crippen LogP contribution >= 0.6 is 0 Å². The van der Waals surface area contributed by atoms with Crippen LogP contribution in [0.2, 0.25) is 0 Å². The topological polar surface area (TPSA) is 45.0 Å². The highest BCUT2D eigenvalue weighted by Gasteiger charge is 2.24. The average molecular weight is 258 g/mol. The maximum absolute atomic E-state index is 8.91. The van der Waals surface area contributed by atoms with Crippen molar-refractivity contribution in [1.29, 1.82) is 5.26 Å². The Labute approximate surface area is 115 Å². The quantitative estimate of drug-likeness (QED) is 0.896. The Bertz CT molecular complexity index is 468. The zero-order valence-electron chi connectivity index (χ0n) is 11.9. The predicted molar refractivity (Wildman–Crippen MR) is 77.3 cm³/mol. The van der Waals surface area contributed by atoms with Gasteiger partial charge in [-0.15, -0.1) is 0 Å². The molecule has 1 N–H and O–H groups in total. The summed E-state index contributed by atoms with van der Waals surface area (Å²) in [7, 11) is 1.65. The standard InChI is InChI=1S/C16H22N2O/c1-11-6-12(2)8-14(7-11)18-15-5-4-13(10-17)9-16(15)19-3/h4-5,9,11-12,14,18H,6-8H2,1-3H3. The lowest BCUT2D eigenvalue weighted by molar-refractivity contribution is 0.280. The minimum atomic E-state index is 0.501. The molecule has 2 atom stereocenters. The third-order valence-corrected chi connectivity index (χ3v) is 3.87. The maximum atomic E-state index is 8.91. The summed E-state index contributed by atoms with van der Waals surface area (Å²) < 4.78 is 5.37. The van der Waals surface area contributed by atoms with Crippen LogP contribution in [-0.4, -0.2) is 13.2 Å². The number of rotatable bonds is 3. The molecule has 0 aromatic heterocycles. The monoisotopic (exact) mass is 258 g/mol. The predicted octanol–water partition coefficient (Wildman–Crippen LogP) is 3.80. The van der Waals surface area contributed by atoms with E-state index in [1.807, 2.05) is 12.1 Å². The summed E-state index contributed by atoms with van der Waals surface area (Å²) in [6.07, 6.45) is 3.73. The molecule has 0 radical (unpaired) electrons. The van der Waals surface area contributed by atoms with Crippen LogP contribution in [0.3, 0.4) is 0 Å². The number of nitrogens with zero attached hydrogens (tertiary/aromatic N) is 1. The Hall–Kier alpha value is -1.69. The minimum absolute atomic E-state index is 0.501.